The third kappa shape index (κ3) is 6.18. The number of rotatable bonds is 10. The molecular weight excluding hydrogens is 358 g/mol. The Kier molecular flexibility index (Phi) is 7.45. The smallest absolute Gasteiger partial charge is 0.123 e. The highest BCUT2D eigenvalue weighted by atomic mass is 16.5. The van der Waals surface area contributed by atoms with Crippen LogP contribution in [0.4, 0.5) is 0 Å². The van der Waals surface area contributed by atoms with Gasteiger partial charge >= 0.3 is 0 Å². The molecule has 0 aliphatic rings. The lowest BCUT2D eigenvalue weighted by atomic mass is 9.87. The average Bonchev–Trinajstić information content (AvgIpc) is 2.77. The fourth-order valence-corrected chi connectivity index (χ4v) is 3.43. The quantitative estimate of drug-likeness (QED) is 0.504. The molecule has 3 aromatic rings. The van der Waals surface area contributed by atoms with E-state index in [1.54, 1.807) is 0 Å². The molecule has 3 heteroatoms. The predicted octanol–water partition coefficient (Wildman–Crippen LogP) is 5.15. The highest BCUT2D eigenvalue weighted by molar-refractivity contribution is 5.42. The van der Waals surface area contributed by atoms with Crippen molar-refractivity contribution in [2.24, 2.45) is 0 Å². The first kappa shape index (κ1) is 21.1. The second-order valence-electron chi connectivity index (χ2n) is 8.03. The molecule has 0 aromatic heterocycles. The summed E-state index contributed by atoms with van der Waals surface area (Å²) in [6, 6.07) is 29.1. The summed E-state index contributed by atoms with van der Waals surface area (Å²) in [4.78, 5) is 0. The highest BCUT2D eigenvalue weighted by Crippen LogP contribution is 2.34. The maximum atomic E-state index is 9.53. The zero-order valence-electron chi connectivity index (χ0n) is 17.3. The van der Waals surface area contributed by atoms with E-state index in [9.17, 15) is 5.11 Å². The number of hydrogen-bond donors (Lipinski definition) is 2. The van der Waals surface area contributed by atoms with Crippen molar-refractivity contribution in [1.82, 2.24) is 5.32 Å². The molecule has 1 unspecified atom stereocenters. The summed E-state index contributed by atoms with van der Waals surface area (Å²) < 4.78 is 6.23. The molecule has 0 saturated heterocycles. The molecule has 2 N–H and O–H groups in total. The number of aliphatic hydroxyl groups excluding tert-OH is 1. The first-order valence-electron chi connectivity index (χ1n) is 10.3. The third-order valence-electron chi connectivity index (χ3n) is 5.17. The highest BCUT2D eigenvalue weighted by Gasteiger charge is 2.20. The number of nitrogens with one attached hydrogen (secondary N) is 1. The Morgan fingerprint density at radius 2 is 1.48 bits per heavy atom. The largest absolute Gasteiger partial charge is 0.489 e. The lowest BCUT2D eigenvalue weighted by Gasteiger charge is -2.26. The Morgan fingerprint density at radius 1 is 0.862 bits per heavy atom. The summed E-state index contributed by atoms with van der Waals surface area (Å²) in [7, 11) is 0. The fraction of sp³-hybridized carbons (Fsp3) is 0.308. The molecule has 0 heterocycles. The van der Waals surface area contributed by atoms with Gasteiger partial charge in [-0.15, -0.1) is 0 Å². The molecule has 3 nitrogen and oxygen atoms in total. The summed E-state index contributed by atoms with van der Waals surface area (Å²) in [5.41, 5.74) is 3.33. The molecule has 3 aromatic carbocycles. The number of para-hydroxylation sites is 1. The van der Waals surface area contributed by atoms with Gasteiger partial charge in [-0.3, -0.25) is 0 Å². The fourth-order valence-electron chi connectivity index (χ4n) is 3.43. The molecule has 29 heavy (non-hydrogen) atoms. The zero-order chi connectivity index (χ0) is 20.5. The molecule has 152 valence electrons. The molecule has 0 spiro atoms. The van der Waals surface area contributed by atoms with Crippen molar-refractivity contribution in [3.05, 3.63) is 102 Å². The van der Waals surface area contributed by atoms with Crippen LogP contribution in [0.25, 0.3) is 0 Å². The van der Waals surface area contributed by atoms with E-state index in [4.69, 9.17) is 4.74 Å². The van der Waals surface area contributed by atoms with Gasteiger partial charge in [0.25, 0.3) is 0 Å². The molecule has 0 radical (unpaired) electrons. The molecule has 1 atom stereocenters. The second kappa shape index (κ2) is 10.2. The first-order valence-corrected chi connectivity index (χ1v) is 10.3. The van der Waals surface area contributed by atoms with Gasteiger partial charge in [0.2, 0.25) is 0 Å². The van der Waals surface area contributed by atoms with Crippen molar-refractivity contribution < 1.29 is 9.84 Å². The molecule has 0 saturated carbocycles. The van der Waals surface area contributed by atoms with Crippen LogP contribution in [-0.4, -0.2) is 23.8 Å². The summed E-state index contributed by atoms with van der Waals surface area (Å²) in [6.07, 6.45) is 0.916. The van der Waals surface area contributed by atoms with E-state index in [1.807, 2.05) is 44.2 Å². The second-order valence-corrected chi connectivity index (χ2v) is 8.03. The van der Waals surface area contributed by atoms with E-state index in [2.05, 4.69) is 59.9 Å². The van der Waals surface area contributed by atoms with Gasteiger partial charge in [-0.05, 0) is 44.0 Å². The van der Waals surface area contributed by atoms with Gasteiger partial charge in [-0.25, -0.2) is 0 Å². The van der Waals surface area contributed by atoms with Crippen LogP contribution >= 0.6 is 0 Å². The topological polar surface area (TPSA) is 41.5 Å². The Hall–Kier alpha value is -2.62. The maximum Gasteiger partial charge on any atom is 0.123 e. The molecule has 0 bridgehead atoms. The van der Waals surface area contributed by atoms with E-state index < -0.39 is 0 Å². The van der Waals surface area contributed by atoms with Gasteiger partial charge in [0.05, 0.1) is 6.61 Å². The van der Waals surface area contributed by atoms with Crippen LogP contribution in [0.2, 0.25) is 0 Å². The number of benzene rings is 3. The molecular formula is C26H31NO2. The Bertz CT molecular complexity index is 862. The predicted molar refractivity (Wildman–Crippen MR) is 119 cm³/mol. The average molecular weight is 390 g/mol. The van der Waals surface area contributed by atoms with E-state index in [0.29, 0.717) is 6.61 Å². The Morgan fingerprint density at radius 3 is 2.17 bits per heavy atom. The van der Waals surface area contributed by atoms with Crippen molar-refractivity contribution in [2.75, 3.05) is 13.2 Å². The molecule has 0 aliphatic carbocycles. The minimum atomic E-state index is -0.287. The normalized spacial score (nSPS) is 12.5. The van der Waals surface area contributed by atoms with Crippen LogP contribution < -0.4 is 10.1 Å². The lowest BCUT2D eigenvalue weighted by Crippen LogP contribution is -2.43. The molecule has 3 rings (SSSR count). The number of hydrogen-bond acceptors (Lipinski definition) is 3. The van der Waals surface area contributed by atoms with Crippen LogP contribution in [0.1, 0.15) is 42.9 Å². The number of aliphatic hydroxyl groups is 1. The van der Waals surface area contributed by atoms with Crippen molar-refractivity contribution in [2.45, 2.75) is 38.3 Å². The van der Waals surface area contributed by atoms with E-state index in [0.717, 1.165) is 24.3 Å². The summed E-state index contributed by atoms with van der Waals surface area (Å²) >= 11 is 0. The van der Waals surface area contributed by atoms with Gasteiger partial charge in [0.1, 0.15) is 12.4 Å². The minimum Gasteiger partial charge on any atom is -0.489 e. The van der Waals surface area contributed by atoms with Crippen LogP contribution in [-0.2, 0) is 6.61 Å². The van der Waals surface area contributed by atoms with E-state index in [1.165, 1.54) is 11.1 Å². The van der Waals surface area contributed by atoms with Gasteiger partial charge < -0.3 is 15.2 Å². The van der Waals surface area contributed by atoms with Gasteiger partial charge in [0.15, 0.2) is 0 Å². The third-order valence-corrected chi connectivity index (χ3v) is 5.17. The van der Waals surface area contributed by atoms with Crippen molar-refractivity contribution in [3.8, 4) is 5.75 Å². The first-order chi connectivity index (χ1) is 14.1. The van der Waals surface area contributed by atoms with E-state index >= 15 is 0 Å². The zero-order valence-corrected chi connectivity index (χ0v) is 17.3. The van der Waals surface area contributed by atoms with Gasteiger partial charge in [-0.1, -0.05) is 78.9 Å². The van der Waals surface area contributed by atoms with Crippen LogP contribution in [0, 0.1) is 0 Å². The van der Waals surface area contributed by atoms with Crippen LogP contribution in [0.5, 0.6) is 5.75 Å². The van der Waals surface area contributed by atoms with Crippen molar-refractivity contribution in [3.63, 3.8) is 0 Å². The molecule has 0 fully saturated rings. The van der Waals surface area contributed by atoms with E-state index in [-0.39, 0.29) is 18.1 Å². The SMILES string of the molecule is CC(C)(CO)NCCC(c1ccccc1)c1ccccc1OCc1ccccc1. The summed E-state index contributed by atoms with van der Waals surface area (Å²) in [5.74, 6) is 1.14. The number of ether oxygens (including phenoxy) is 1. The summed E-state index contributed by atoms with van der Waals surface area (Å²) in [5, 5.41) is 13.0. The monoisotopic (exact) mass is 389 g/mol. The van der Waals surface area contributed by atoms with Crippen LogP contribution in [0.3, 0.4) is 0 Å². The molecule has 0 aliphatic heterocycles. The Labute approximate surface area is 174 Å². The Balaban J connectivity index is 1.81. The van der Waals surface area contributed by atoms with Gasteiger partial charge in [-0.2, -0.15) is 0 Å². The van der Waals surface area contributed by atoms with Crippen molar-refractivity contribution in [1.29, 1.82) is 0 Å². The standard InChI is InChI=1S/C26H31NO2/c1-26(2,20-28)27-18-17-23(22-13-7-4-8-14-22)24-15-9-10-16-25(24)29-19-21-11-5-3-6-12-21/h3-16,23,27-28H,17-20H2,1-2H3. The summed E-state index contributed by atoms with van der Waals surface area (Å²) in [6.45, 7) is 5.50. The van der Waals surface area contributed by atoms with Crippen molar-refractivity contribution >= 4 is 0 Å². The lowest BCUT2D eigenvalue weighted by molar-refractivity contribution is 0.188. The maximum absolute atomic E-state index is 9.53. The van der Waals surface area contributed by atoms with Crippen LogP contribution in [0.15, 0.2) is 84.9 Å². The molecule has 0 amide bonds. The van der Waals surface area contributed by atoms with Gasteiger partial charge in [0, 0.05) is 17.0 Å². The minimum absolute atomic E-state index is 0.111.